The Kier molecular flexibility index (Phi) is 3.47. The molecule has 0 amide bonds. The van der Waals surface area contributed by atoms with Gasteiger partial charge in [-0.05, 0) is 5.41 Å². The third-order valence-electron chi connectivity index (χ3n) is 0.833. The number of hydrogen-bond donors (Lipinski definition) is 1. The van der Waals surface area contributed by atoms with E-state index in [1.54, 1.807) is 0 Å². The van der Waals surface area contributed by atoms with Gasteiger partial charge in [-0.2, -0.15) is 0 Å². The molecule has 0 saturated carbocycles. The second-order valence-electron chi connectivity index (χ2n) is 3.61. The highest BCUT2D eigenvalue weighted by Gasteiger charge is 2.20. The minimum absolute atomic E-state index is 0.0633. The van der Waals surface area contributed by atoms with Crippen molar-refractivity contribution in [1.82, 2.24) is 4.89 Å². The number of hydrogen-bond acceptors (Lipinski definition) is 3. The zero-order valence-corrected chi connectivity index (χ0v) is 8.16. The molecule has 0 aliphatic carbocycles. The van der Waals surface area contributed by atoms with Crippen molar-refractivity contribution in [1.29, 1.82) is 0 Å². The standard InChI is InChI=1S/C6H15NO3S/c1-6(2,3)5-11(8,9)7-10-4/h7H,5H2,1-4H3. The van der Waals surface area contributed by atoms with Crippen molar-refractivity contribution in [3.05, 3.63) is 0 Å². The average Bonchev–Trinajstić information content (AvgIpc) is 1.55. The van der Waals surface area contributed by atoms with Crippen molar-refractivity contribution < 1.29 is 13.3 Å². The minimum Gasteiger partial charge on any atom is -0.290 e. The Morgan fingerprint density at radius 1 is 1.36 bits per heavy atom. The van der Waals surface area contributed by atoms with E-state index in [-0.39, 0.29) is 11.2 Å². The van der Waals surface area contributed by atoms with E-state index in [9.17, 15) is 8.42 Å². The SMILES string of the molecule is CONS(=O)(=O)CC(C)(C)C. The van der Waals surface area contributed by atoms with Gasteiger partial charge in [-0.1, -0.05) is 25.7 Å². The van der Waals surface area contributed by atoms with Crippen LogP contribution in [0.4, 0.5) is 0 Å². The lowest BCUT2D eigenvalue weighted by molar-refractivity contribution is 0.152. The van der Waals surface area contributed by atoms with Crippen molar-refractivity contribution in [2.75, 3.05) is 12.9 Å². The predicted molar refractivity (Wildman–Crippen MR) is 43.4 cm³/mol. The Morgan fingerprint density at radius 2 is 1.82 bits per heavy atom. The van der Waals surface area contributed by atoms with Crippen LogP contribution in [0.3, 0.4) is 0 Å². The molecular weight excluding hydrogens is 166 g/mol. The van der Waals surface area contributed by atoms with Gasteiger partial charge in [0.05, 0.1) is 12.9 Å². The summed E-state index contributed by atoms with van der Waals surface area (Å²) in [5.41, 5.74) is -0.246. The van der Waals surface area contributed by atoms with Gasteiger partial charge in [0.25, 0.3) is 0 Å². The second-order valence-corrected chi connectivity index (χ2v) is 5.29. The molecule has 0 aromatic carbocycles. The van der Waals surface area contributed by atoms with Crippen molar-refractivity contribution in [3.63, 3.8) is 0 Å². The molecule has 0 atom stereocenters. The van der Waals surface area contributed by atoms with Gasteiger partial charge in [0.15, 0.2) is 0 Å². The molecule has 1 N–H and O–H groups in total. The van der Waals surface area contributed by atoms with Gasteiger partial charge in [-0.15, -0.1) is 0 Å². The van der Waals surface area contributed by atoms with Crippen LogP contribution in [-0.4, -0.2) is 21.3 Å². The zero-order chi connectivity index (χ0) is 9.12. The van der Waals surface area contributed by atoms with Gasteiger partial charge < -0.3 is 0 Å². The summed E-state index contributed by atoms with van der Waals surface area (Å²) in [4.78, 5) is 6.27. The van der Waals surface area contributed by atoms with Gasteiger partial charge in [0.2, 0.25) is 10.0 Å². The first kappa shape index (κ1) is 10.9. The summed E-state index contributed by atoms with van der Waals surface area (Å²) in [5.74, 6) is 0.0633. The van der Waals surface area contributed by atoms with E-state index in [4.69, 9.17) is 0 Å². The largest absolute Gasteiger partial charge is 0.290 e. The van der Waals surface area contributed by atoms with Gasteiger partial charge in [-0.3, -0.25) is 4.84 Å². The first-order valence-corrected chi connectivity index (χ1v) is 4.94. The fraction of sp³-hybridized carbons (Fsp3) is 1.00. The predicted octanol–water partition coefficient (Wildman–Crippen LogP) is 0.513. The van der Waals surface area contributed by atoms with Crippen LogP contribution in [0.2, 0.25) is 0 Å². The molecule has 4 nitrogen and oxygen atoms in total. The molecule has 68 valence electrons. The van der Waals surface area contributed by atoms with Crippen LogP contribution < -0.4 is 4.89 Å². The van der Waals surface area contributed by atoms with Gasteiger partial charge in [0.1, 0.15) is 0 Å². The van der Waals surface area contributed by atoms with E-state index < -0.39 is 10.0 Å². The highest BCUT2D eigenvalue weighted by Crippen LogP contribution is 2.14. The first-order valence-electron chi connectivity index (χ1n) is 3.29. The van der Waals surface area contributed by atoms with Gasteiger partial charge in [-0.25, -0.2) is 8.42 Å². The maximum absolute atomic E-state index is 11.0. The van der Waals surface area contributed by atoms with Crippen LogP contribution in [0, 0.1) is 5.41 Å². The molecule has 0 aliphatic rings. The number of nitrogens with one attached hydrogen (secondary N) is 1. The van der Waals surface area contributed by atoms with Gasteiger partial charge in [0, 0.05) is 0 Å². The van der Waals surface area contributed by atoms with Crippen LogP contribution >= 0.6 is 0 Å². The molecule has 0 spiro atoms. The van der Waals surface area contributed by atoms with E-state index >= 15 is 0 Å². The van der Waals surface area contributed by atoms with Crippen molar-refractivity contribution in [3.8, 4) is 0 Å². The number of sulfonamides is 1. The maximum atomic E-state index is 11.0. The van der Waals surface area contributed by atoms with Crippen molar-refractivity contribution >= 4 is 10.0 Å². The fourth-order valence-electron chi connectivity index (χ4n) is 0.726. The summed E-state index contributed by atoms with van der Waals surface area (Å²) in [7, 11) is -1.98. The molecule has 0 aromatic heterocycles. The molecule has 5 heteroatoms. The van der Waals surface area contributed by atoms with Crippen molar-refractivity contribution in [2.24, 2.45) is 5.41 Å². The summed E-state index contributed by atoms with van der Waals surface area (Å²) in [6.07, 6.45) is 0. The summed E-state index contributed by atoms with van der Waals surface area (Å²) in [6.45, 7) is 5.55. The molecule has 0 fully saturated rings. The van der Waals surface area contributed by atoms with Crippen molar-refractivity contribution in [2.45, 2.75) is 20.8 Å². The van der Waals surface area contributed by atoms with Crippen LogP contribution in [0.5, 0.6) is 0 Å². The Labute approximate surface area is 67.9 Å². The Morgan fingerprint density at radius 3 is 2.09 bits per heavy atom. The lowest BCUT2D eigenvalue weighted by atomic mass is 10.0. The lowest BCUT2D eigenvalue weighted by Gasteiger charge is -2.17. The van der Waals surface area contributed by atoms with Crippen LogP contribution in [-0.2, 0) is 14.9 Å². The normalized spacial score (nSPS) is 13.5. The van der Waals surface area contributed by atoms with E-state index in [0.717, 1.165) is 0 Å². The molecule has 0 aliphatic heterocycles. The Hall–Kier alpha value is -0.130. The average molecular weight is 181 g/mol. The van der Waals surface area contributed by atoms with Crippen LogP contribution in [0.25, 0.3) is 0 Å². The lowest BCUT2D eigenvalue weighted by Crippen LogP contribution is -2.31. The topological polar surface area (TPSA) is 55.4 Å². The highest BCUT2D eigenvalue weighted by atomic mass is 32.2. The molecular formula is C6H15NO3S. The van der Waals surface area contributed by atoms with Crippen LogP contribution in [0.1, 0.15) is 20.8 Å². The van der Waals surface area contributed by atoms with E-state index in [1.807, 2.05) is 25.7 Å². The first-order chi connectivity index (χ1) is 4.77. The summed E-state index contributed by atoms with van der Waals surface area (Å²) in [5, 5.41) is 0. The third-order valence-corrected chi connectivity index (χ3v) is 2.50. The number of rotatable bonds is 3. The molecule has 0 unspecified atom stereocenters. The zero-order valence-electron chi connectivity index (χ0n) is 7.34. The Bertz CT molecular complexity index is 202. The fourth-order valence-corrected chi connectivity index (χ4v) is 2.18. The summed E-state index contributed by atoms with van der Waals surface area (Å²) < 4.78 is 22.0. The smallest absolute Gasteiger partial charge is 0.233 e. The van der Waals surface area contributed by atoms with E-state index in [1.165, 1.54) is 7.11 Å². The second kappa shape index (κ2) is 3.51. The highest BCUT2D eigenvalue weighted by molar-refractivity contribution is 7.89. The summed E-state index contributed by atoms with van der Waals surface area (Å²) in [6, 6.07) is 0. The Balaban J connectivity index is 4.15. The maximum Gasteiger partial charge on any atom is 0.233 e. The molecule has 0 bridgehead atoms. The van der Waals surface area contributed by atoms with Gasteiger partial charge >= 0.3 is 0 Å². The molecule has 0 heterocycles. The minimum atomic E-state index is -3.26. The third kappa shape index (κ3) is 6.28. The molecule has 0 aromatic rings. The monoisotopic (exact) mass is 181 g/mol. The quantitative estimate of drug-likeness (QED) is 0.645. The molecule has 0 saturated heterocycles. The van der Waals surface area contributed by atoms with Crippen LogP contribution in [0.15, 0.2) is 0 Å². The molecule has 11 heavy (non-hydrogen) atoms. The summed E-state index contributed by atoms with van der Waals surface area (Å²) >= 11 is 0. The van der Waals surface area contributed by atoms with E-state index in [0.29, 0.717) is 0 Å². The molecule has 0 rings (SSSR count). The molecule has 0 radical (unpaired) electrons. The van der Waals surface area contributed by atoms with E-state index in [2.05, 4.69) is 4.84 Å².